The van der Waals surface area contributed by atoms with E-state index < -0.39 is 92.7 Å². The lowest BCUT2D eigenvalue weighted by atomic mass is 9.98. The molecule has 15 nitrogen and oxygen atoms in total. The Morgan fingerprint density at radius 2 is 0.826 bits per heavy atom. The summed E-state index contributed by atoms with van der Waals surface area (Å²) in [4.78, 5) is 25.8. The van der Waals surface area contributed by atoms with Gasteiger partial charge in [-0.3, -0.25) is 9.59 Å². The van der Waals surface area contributed by atoms with Crippen molar-refractivity contribution in [2.24, 2.45) is 0 Å². The van der Waals surface area contributed by atoms with Gasteiger partial charge in [-0.2, -0.15) is 0 Å². The molecule has 2 rings (SSSR count). The predicted molar refractivity (Wildman–Crippen MR) is 266 cm³/mol. The second kappa shape index (κ2) is 41.7. The molecule has 2 heterocycles. The summed E-state index contributed by atoms with van der Waals surface area (Å²) in [7, 11) is 0. The minimum Gasteiger partial charge on any atom is -0.462 e. The highest BCUT2D eigenvalue weighted by Gasteiger charge is 2.47. The molecule has 11 atom stereocenters. The van der Waals surface area contributed by atoms with Crippen LogP contribution in [0.2, 0.25) is 0 Å². The van der Waals surface area contributed by atoms with Gasteiger partial charge in [0.15, 0.2) is 18.7 Å². The third-order valence-electron chi connectivity index (χ3n) is 13.5. The lowest BCUT2D eigenvalue weighted by Gasteiger charge is -2.42. The lowest BCUT2D eigenvalue weighted by molar-refractivity contribution is -0.332. The van der Waals surface area contributed by atoms with Crippen LogP contribution in [-0.2, 0) is 38.0 Å². The Kier molecular flexibility index (Phi) is 38.3. The molecule has 0 bridgehead atoms. The number of allylic oxidation sites excluding steroid dienone is 2. The number of unbranched alkanes of at least 4 members (excludes halogenated alkanes) is 28. The first-order valence-corrected chi connectivity index (χ1v) is 27.8. The number of ether oxygens (including phenoxy) is 6. The summed E-state index contributed by atoms with van der Waals surface area (Å²) in [6.07, 6.45) is 25.3. The van der Waals surface area contributed by atoms with Crippen LogP contribution in [0, 0.1) is 0 Å². The highest BCUT2D eigenvalue weighted by Crippen LogP contribution is 2.27. The number of rotatable bonds is 44. The summed E-state index contributed by atoms with van der Waals surface area (Å²) >= 11 is 0. The molecule has 0 aromatic rings. The molecule has 0 aromatic heterocycles. The third-order valence-corrected chi connectivity index (χ3v) is 13.5. The van der Waals surface area contributed by atoms with Crippen molar-refractivity contribution in [1.29, 1.82) is 0 Å². The van der Waals surface area contributed by atoms with Gasteiger partial charge in [-0.25, -0.2) is 0 Å². The van der Waals surface area contributed by atoms with Gasteiger partial charge in [-0.15, -0.1) is 0 Å². The molecular weight excluding hydrogens is 889 g/mol. The van der Waals surface area contributed by atoms with Crippen LogP contribution in [0.25, 0.3) is 0 Å². The average Bonchev–Trinajstić information content (AvgIpc) is 3.34. The van der Waals surface area contributed by atoms with E-state index in [1.165, 1.54) is 128 Å². The van der Waals surface area contributed by atoms with Gasteiger partial charge in [-0.05, 0) is 38.5 Å². The van der Waals surface area contributed by atoms with Crippen LogP contribution >= 0.6 is 0 Å². The molecule has 2 fully saturated rings. The Balaban J connectivity index is 1.75. The second-order valence-corrected chi connectivity index (χ2v) is 19.8. The average molecular weight is 989 g/mol. The highest BCUT2D eigenvalue weighted by molar-refractivity contribution is 5.70. The van der Waals surface area contributed by atoms with Gasteiger partial charge in [0, 0.05) is 12.8 Å². The van der Waals surface area contributed by atoms with Crippen LogP contribution in [0.4, 0.5) is 0 Å². The highest BCUT2D eigenvalue weighted by atomic mass is 16.7. The maximum Gasteiger partial charge on any atom is 0.306 e. The van der Waals surface area contributed by atoms with Crippen molar-refractivity contribution < 1.29 is 73.8 Å². The smallest absolute Gasteiger partial charge is 0.306 e. The Labute approximate surface area is 416 Å². The van der Waals surface area contributed by atoms with E-state index >= 15 is 0 Å². The quantitative estimate of drug-likeness (QED) is 0.0172. The summed E-state index contributed by atoms with van der Waals surface area (Å²) in [5.74, 6) is -0.923. The Morgan fingerprint density at radius 3 is 1.30 bits per heavy atom. The molecule has 7 N–H and O–H groups in total. The lowest BCUT2D eigenvalue weighted by Crippen LogP contribution is -2.61. The molecule has 0 spiro atoms. The van der Waals surface area contributed by atoms with E-state index in [0.717, 1.165) is 57.8 Å². The molecule has 0 amide bonds. The molecule has 406 valence electrons. The molecule has 0 radical (unpaired) electrons. The van der Waals surface area contributed by atoms with Gasteiger partial charge in [0.25, 0.3) is 0 Å². The Morgan fingerprint density at radius 1 is 0.449 bits per heavy atom. The number of carbonyl (C=O) groups excluding carboxylic acids is 2. The van der Waals surface area contributed by atoms with Crippen molar-refractivity contribution in [3.8, 4) is 0 Å². The Hall–Kier alpha value is -1.76. The second-order valence-electron chi connectivity index (χ2n) is 19.8. The van der Waals surface area contributed by atoms with Gasteiger partial charge < -0.3 is 64.2 Å². The molecule has 0 aromatic carbocycles. The Bertz CT molecular complexity index is 1250. The molecule has 2 aliphatic heterocycles. The maximum atomic E-state index is 13.0. The summed E-state index contributed by atoms with van der Waals surface area (Å²) in [5.41, 5.74) is 0. The molecule has 15 heteroatoms. The topological polar surface area (TPSA) is 231 Å². The van der Waals surface area contributed by atoms with Crippen LogP contribution in [-0.4, -0.2) is 142 Å². The van der Waals surface area contributed by atoms with Gasteiger partial charge >= 0.3 is 11.9 Å². The number of esters is 2. The predicted octanol–water partition coefficient (Wildman–Crippen LogP) is 8.55. The van der Waals surface area contributed by atoms with Gasteiger partial charge in [0.1, 0.15) is 55.4 Å². The van der Waals surface area contributed by atoms with Crippen LogP contribution < -0.4 is 0 Å². The molecule has 0 aliphatic carbocycles. The molecule has 69 heavy (non-hydrogen) atoms. The molecule has 2 saturated heterocycles. The van der Waals surface area contributed by atoms with Gasteiger partial charge in [0.05, 0.1) is 19.8 Å². The first kappa shape index (κ1) is 63.4. The zero-order valence-electron chi connectivity index (χ0n) is 43.1. The third kappa shape index (κ3) is 29.5. The molecule has 4 unspecified atom stereocenters. The molecule has 2 aliphatic rings. The van der Waals surface area contributed by atoms with Crippen molar-refractivity contribution in [3.05, 3.63) is 12.2 Å². The van der Waals surface area contributed by atoms with Gasteiger partial charge in [0.2, 0.25) is 0 Å². The fourth-order valence-electron chi connectivity index (χ4n) is 8.92. The summed E-state index contributed by atoms with van der Waals surface area (Å²) in [6, 6.07) is 0. The number of hydrogen-bond acceptors (Lipinski definition) is 15. The monoisotopic (exact) mass is 989 g/mol. The number of hydrogen-bond donors (Lipinski definition) is 7. The van der Waals surface area contributed by atoms with Crippen LogP contribution in [0.3, 0.4) is 0 Å². The fourth-order valence-corrected chi connectivity index (χ4v) is 8.92. The van der Waals surface area contributed by atoms with Crippen molar-refractivity contribution in [2.75, 3.05) is 26.4 Å². The van der Waals surface area contributed by atoms with Crippen molar-refractivity contribution in [2.45, 2.75) is 293 Å². The SMILES string of the molecule is CCCCC/C=C/CCCCCCCC(=O)OC[C@H](CO[C@H]1O[C@@H](CO[C@H]2O[C@@H](CO)[C@@H](O)C(O)C2O)[C@@H](O)C(O)C1O)OC(=O)CCCCCCCCCCCCCCCCCCCCCCC. The normalized spacial score (nSPS) is 25.6. The first-order chi connectivity index (χ1) is 33.5. The van der Waals surface area contributed by atoms with E-state index in [1.54, 1.807) is 0 Å². The van der Waals surface area contributed by atoms with E-state index in [4.69, 9.17) is 28.4 Å². The van der Waals surface area contributed by atoms with Gasteiger partial charge in [-0.1, -0.05) is 187 Å². The minimum atomic E-state index is -1.76. The summed E-state index contributed by atoms with van der Waals surface area (Å²) in [5, 5.41) is 72.1. The number of aliphatic hydroxyl groups is 7. The zero-order chi connectivity index (χ0) is 50.3. The summed E-state index contributed by atoms with van der Waals surface area (Å²) < 4.78 is 33.6. The van der Waals surface area contributed by atoms with Crippen LogP contribution in [0.15, 0.2) is 12.2 Å². The molecular formula is C54H100O15. The largest absolute Gasteiger partial charge is 0.462 e. The van der Waals surface area contributed by atoms with E-state index in [1.807, 2.05) is 0 Å². The molecule has 0 saturated carbocycles. The van der Waals surface area contributed by atoms with Crippen LogP contribution in [0.1, 0.15) is 226 Å². The van der Waals surface area contributed by atoms with E-state index in [0.29, 0.717) is 12.8 Å². The van der Waals surface area contributed by atoms with Crippen LogP contribution in [0.5, 0.6) is 0 Å². The van der Waals surface area contributed by atoms with E-state index in [-0.39, 0.29) is 26.1 Å². The fraction of sp³-hybridized carbons (Fsp3) is 0.926. The number of aliphatic hydroxyl groups excluding tert-OH is 7. The van der Waals surface area contributed by atoms with E-state index in [2.05, 4.69) is 26.0 Å². The maximum absolute atomic E-state index is 13.0. The summed E-state index contributed by atoms with van der Waals surface area (Å²) in [6.45, 7) is 2.59. The standard InChI is InChI=1S/C54H100O15/c1-3-5-7-9-11-13-15-17-18-19-20-21-22-23-24-25-27-29-31-33-35-37-46(57)67-42(39-64-45(56)36-34-32-30-28-26-16-14-12-10-8-6-4-2)40-65-53-52(63)50(61)48(59)44(69-53)41-66-54-51(62)49(60)47(58)43(38-55)68-54/h12,14,42-44,47-55,58-63H,3-11,13,15-41H2,1-2H3/b14-12+/t42-,43+,44+,47-,48-,49?,50?,51?,52?,53+,54+/m1/s1. The van der Waals surface area contributed by atoms with Crippen molar-refractivity contribution in [1.82, 2.24) is 0 Å². The van der Waals surface area contributed by atoms with E-state index in [9.17, 15) is 45.3 Å². The minimum absolute atomic E-state index is 0.170. The number of carbonyl (C=O) groups is 2. The zero-order valence-corrected chi connectivity index (χ0v) is 43.1. The first-order valence-electron chi connectivity index (χ1n) is 27.8. The van der Waals surface area contributed by atoms with Crippen molar-refractivity contribution in [3.63, 3.8) is 0 Å². The van der Waals surface area contributed by atoms with Crippen molar-refractivity contribution >= 4 is 11.9 Å².